The fourth-order valence-corrected chi connectivity index (χ4v) is 2.34. The van der Waals surface area contributed by atoms with Crippen molar-refractivity contribution in [3.63, 3.8) is 0 Å². The molecule has 1 aromatic carbocycles. The number of aryl methyl sites for hydroxylation is 1. The Balaban J connectivity index is 2.17. The number of benzene rings is 1. The lowest BCUT2D eigenvalue weighted by Crippen LogP contribution is -2.39. The summed E-state index contributed by atoms with van der Waals surface area (Å²) in [5.74, 6) is -0.246. The van der Waals surface area contributed by atoms with Gasteiger partial charge < -0.3 is 14.6 Å². The van der Waals surface area contributed by atoms with E-state index in [0.717, 1.165) is 10.1 Å². The molecule has 0 spiro atoms. The molecule has 1 atom stereocenters. The van der Waals surface area contributed by atoms with Crippen molar-refractivity contribution in [3.05, 3.63) is 62.2 Å². The van der Waals surface area contributed by atoms with Gasteiger partial charge in [0.1, 0.15) is 0 Å². The Morgan fingerprint density at radius 1 is 1.30 bits per heavy atom. The SMILES string of the molecule is COc1ccc(C(C)NCc2cn(C)c(=O)n(C)c2=O)cc1F. The Bertz CT molecular complexity index is 826. The van der Waals surface area contributed by atoms with E-state index in [-0.39, 0.29) is 29.6 Å². The minimum absolute atomic E-state index is 0.169. The smallest absolute Gasteiger partial charge is 0.330 e. The average Bonchev–Trinajstić information content (AvgIpc) is 2.54. The van der Waals surface area contributed by atoms with Gasteiger partial charge in [0.25, 0.3) is 5.56 Å². The second-order valence-electron chi connectivity index (χ2n) is 5.41. The number of hydrogen-bond donors (Lipinski definition) is 1. The van der Waals surface area contributed by atoms with Crippen LogP contribution in [0.15, 0.2) is 34.0 Å². The maximum atomic E-state index is 13.7. The zero-order valence-corrected chi connectivity index (χ0v) is 13.6. The van der Waals surface area contributed by atoms with Gasteiger partial charge in [-0.15, -0.1) is 0 Å². The average molecular weight is 321 g/mol. The van der Waals surface area contributed by atoms with Gasteiger partial charge in [-0.3, -0.25) is 9.36 Å². The minimum Gasteiger partial charge on any atom is -0.494 e. The molecule has 0 fully saturated rings. The van der Waals surface area contributed by atoms with E-state index < -0.39 is 5.82 Å². The zero-order valence-electron chi connectivity index (χ0n) is 13.6. The van der Waals surface area contributed by atoms with Crippen molar-refractivity contribution < 1.29 is 9.13 Å². The lowest BCUT2D eigenvalue weighted by molar-refractivity contribution is 0.385. The summed E-state index contributed by atoms with van der Waals surface area (Å²) >= 11 is 0. The summed E-state index contributed by atoms with van der Waals surface area (Å²) in [5, 5.41) is 3.16. The van der Waals surface area contributed by atoms with Crippen molar-refractivity contribution in [1.82, 2.24) is 14.5 Å². The molecular formula is C16H20FN3O3. The molecule has 2 rings (SSSR count). The molecule has 1 unspecified atom stereocenters. The third kappa shape index (κ3) is 3.50. The van der Waals surface area contributed by atoms with Gasteiger partial charge in [-0.25, -0.2) is 9.18 Å². The molecule has 0 bridgehead atoms. The lowest BCUT2D eigenvalue weighted by Gasteiger charge is -2.15. The monoisotopic (exact) mass is 321 g/mol. The summed E-state index contributed by atoms with van der Waals surface area (Å²) < 4.78 is 21.1. The minimum atomic E-state index is -0.434. The van der Waals surface area contributed by atoms with Crippen molar-refractivity contribution in [2.24, 2.45) is 14.1 Å². The molecule has 23 heavy (non-hydrogen) atoms. The van der Waals surface area contributed by atoms with Crippen LogP contribution in [-0.4, -0.2) is 16.2 Å². The summed E-state index contributed by atoms with van der Waals surface area (Å²) in [6.07, 6.45) is 1.51. The van der Waals surface area contributed by atoms with Crippen LogP contribution in [-0.2, 0) is 20.6 Å². The summed E-state index contributed by atoms with van der Waals surface area (Å²) in [6.45, 7) is 2.14. The third-order valence-electron chi connectivity index (χ3n) is 3.79. The normalized spacial score (nSPS) is 12.2. The van der Waals surface area contributed by atoms with E-state index in [2.05, 4.69) is 5.32 Å². The summed E-state index contributed by atoms with van der Waals surface area (Å²) in [4.78, 5) is 23.7. The molecule has 0 amide bonds. The van der Waals surface area contributed by atoms with Crippen LogP contribution in [0.5, 0.6) is 5.75 Å². The number of aromatic nitrogens is 2. The molecule has 2 aromatic rings. The standard InChI is InChI=1S/C16H20FN3O3/c1-10(11-5-6-14(23-4)13(17)7-11)18-8-12-9-19(2)16(22)20(3)15(12)21/h5-7,9-10,18H,8H2,1-4H3. The molecule has 7 heteroatoms. The predicted molar refractivity (Wildman–Crippen MR) is 85.1 cm³/mol. The van der Waals surface area contributed by atoms with E-state index in [9.17, 15) is 14.0 Å². The van der Waals surface area contributed by atoms with Crippen LogP contribution in [0, 0.1) is 5.82 Å². The van der Waals surface area contributed by atoms with Crippen LogP contribution >= 0.6 is 0 Å². The molecule has 0 saturated heterocycles. The first kappa shape index (κ1) is 17.0. The Labute approximate surface area is 133 Å². The lowest BCUT2D eigenvalue weighted by atomic mass is 10.1. The fraction of sp³-hybridized carbons (Fsp3) is 0.375. The van der Waals surface area contributed by atoms with Gasteiger partial charge in [-0.05, 0) is 24.6 Å². The number of hydrogen-bond acceptors (Lipinski definition) is 4. The first-order valence-electron chi connectivity index (χ1n) is 7.17. The predicted octanol–water partition coefficient (Wildman–Crippen LogP) is 1.08. The molecule has 1 aromatic heterocycles. The second kappa shape index (κ2) is 6.78. The Morgan fingerprint density at radius 2 is 2.00 bits per heavy atom. The number of ether oxygens (including phenoxy) is 1. The molecule has 0 saturated carbocycles. The highest BCUT2D eigenvalue weighted by atomic mass is 19.1. The Morgan fingerprint density at radius 3 is 2.61 bits per heavy atom. The quantitative estimate of drug-likeness (QED) is 0.895. The van der Waals surface area contributed by atoms with E-state index in [1.54, 1.807) is 19.2 Å². The maximum absolute atomic E-state index is 13.7. The first-order chi connectivity index (χ1) is 10.8. The van der Waals surface area contributed by atoms with Crippen LogP contribution in [0.3, 0.4) is 0 Å². The topological polar surface area (TPSA) is 65.3 Å². The Kier molecular flexibility index (Phi) is 5.00. The van der Waals surface area contributed by atoms with Gasteiger partial charge in [0, 0.05) is 38.4 Å². The van der Waals surface area contributed by atoms with Crippen LogP contribution in [0.2, 0.25) is 0 Å². The second-order valence-corrected chi connectivity index (χ2v) is 5.41. The fourth-order valence-electron chi connectivity index (χ4n) is 2.34. The molecule has 6 nitrogen and oxygen atoms in total. The van der Waals surface area contributed by atoms with Gasteiger partial charge in [-0.2, -0.15) is 0 Å². The van der Waals surface area contributed by atoms with Crippen molar-refractivity contribution in [3.8, 4) is 5.75 Å². The van der Waals surface area contributed by atoms with E-state index in [1.165, 1.54) is 31.0 Å². The van der Waals surface area contributed by atoms with Gasteiger partial charge in [0.2, 0.25) is 0 Å². The van der Waals surface area contributed by atoms with E-state index in [0.29, 0.717) is 5.56 Å². The van der Waals surface area contributed by atoms with Crippen LogP contribution in [0.25, 0.3) is 0 Å². The molecule has 1 heterocycles. The van der Waals surface area contributed by atoms with Crippen LogP contribution < -0.4 is 21.3 Å². The van der Waals surface area contributed by atoms with Crippen LogP contribution in [0.4, 0.5) is 4.39 Å². The molecular weight excluding hydrogens is 301 g/mol. The number of halogens is 1. The maximum Gasteiger partial charge on any atom is 0.330 e. The summed E-state index contributed by atoms with van der Waals surface area (Å²) in [7, 11) is 4.44. The van der Waals surface area contributed by atoms with Gasteiger partial charge >= 0.3 is 5.69 Å². The molecule has 0 aliphatic carbocycles. The molecule has 0 aliphatic heterocycles. The molecule has 124 valence electrons. The number of nitrogens with zero attached hydrogens (tertiary/aromatic N) is 2. The first-order valence-corrected chi connectivity index (χ1v) is 7.17. The highest BCUT2D eigenvalue weighted by Gasteiger charge is 2.11. The van der Waals surface area contributed by atoms with Gasteiger partial charge in [0.15, 0.2) is 11.6 Å². The highest BCUT2D eigenvalue weighted by molar-refractivity contribution is 5.30. The highest BCUT2D eigenvalue weighted by Crippen LogP contribution is 2.21. The van der Waals surface area contributed by atoms with Gasteiger partial charge in [0.05, 0.1) is 7.11 Å². The molecule has 0 radical (unpaired) electrons. The van der Waals surface area contributed by atoms with Gasteiger partial charge in [-0.1, -0.05) is 6.07 Å². The number of methoxy groups -OCH3 is 1. The van der Waals surface area contributed by atoms with Crippen molar-refractivity contribution in [1.29, 1.82) is 0 Å². The van der Waals surface area contributed by atoms with Crippen molar-refractivity contribution >= 4 is 0 Å². The largest absolute Gasteiger partial charge is 0.494 e. The zero-order chi connectivity index (χ0) is 17.1. The van der Waals surface area contributed by atoms with E-state index in [1.807, 2.05) is 6.92 Å². The molecule has 0 aliphatic rings. The Hall–Kier alpha value is -2.41. The summed E-state index contributed by atoms with van der Waals surface area (Å²) in [6, 6.07) is 4.55. The van der Waals surface area contributed by atoms with Crippen molar-refractivity contribution in [2.75, 3.05) is 7.11 Å². The van der Waals surface area contributed by atoms with Crippen molar-refractivity contribution in [2.45, 2.75) is 19.5 Å². The number of rotatable bonds is 5. The summed E-state index contributed by atoms with van der Waals surface area (Å²) in [5.41, 5.74) is 0.498. The molecule has 1 N–H and O–H groups in total. The van der Waals surface area contributed by atoms with E-state index in [4.69, 9.17) is 4.74 Å². The van der Waals surface area contributed by atoms with Crippen LogP contribution in [0.1, 0.15) is 24.1 Å². The third-order valence-corrected chi connectivity index (χ3v) is 3.79. The number of nitrogens with one attached hydrogen (secondary N) is 1. The van der Waals surface area contributed by atoms with E-state index >= 15 is 0 Å².